The summed E-state index contributed by atoms with van der Waals surface area (Å²) in [6.45, 7) is 14.1. The van der Waals surface area contributed by atoms with Gasteiger partial charge in [0.25, 0.3) is 0 Å². The summed E-state index contributed by atoms with van der Waals surface area (Å²) < 4.78 is 34.9. The van der Waals surface area contributed by atoms with Gasteiger partial charge in [-0.1, -0.05) is 80.1 Å². The molecule has 324 valence electrons. The van der Waals surface area contributed by atoms with E-state index in [9.17, 15) is 14.4 Å². The predicted molar refractivity (Wildman–Crippen MR) is 240 cm³/mol. The van der Waals surface area contributed by atoms with E-state index in [2.05, 4.69) is 77.9 Å². The molecule has 60 heavy (non-hydrogen) atoms. The number of unbranched alkanes of at least 4 members (excludes halogenated alkanes) is 3. The molecule has 4 rings (SSSR count). The first-order valence-electron chi connectivity index (χ1n) is 21.9. The van der Waals surface area contributed by atoms with Gasteiger partial charge in [-0.25, -0.2) is 14.4 Å². The van der Waals surface area contributed by atoms with Crippen LogP contribution in [0, 0.1) is 0 Å². The third-order valence-corrected chi connectivity index (χ3v) is 10.4. The summed E-state index contributed by atoms with van der Waals surface area (Å²) >= 11 is 0. The molecule has 0 heterocycles. The lowest BCUT2D eigenvalue weighted by Gasteiger charge is -2.20. The highest BCUT2D eigenvalue weighted by Crippen LogP contribution is 2.41. The van der Waals surface area contributed by atoms with E-state index >= 15 is 0 Å². The van der Waals surface area contributed by atoms with Gasteiger partial charge in [-0.15, -0.1) is 0 Å². The zero-order valence-electron chi connectivity index (χ0n) is 37.5. The largest absolute Gasteiger partial charge is 0.492 e. The van der Waals surface area contributed by atoms with Crippen molar-refractivity contribution >= 4 is 17.9 Å². The molecule has 4 aromatic rings. The molecule has 0 aliphatic carbocycles. The molecule has 0 bridgehead atoms. The second kappa shape index (κ2) is 24.1. The Bertz CT molecular complexity index is 1820. The lowest BCUT2D eigenvalue weighted by molar-refractivity contribution is 0.0586. The maximum atomic E-state index is 13.5. The van der Waals surface area contributed by atoms with E-state index in [4.69, 9.17) is 28.4 Å². The van der Waals surface area contributed by atoms with E-state index in [1.54, 1.807) is 0 Å². The normalized spacial score (nSPS) is 10.9. The van der Waals surface area contributed by atoms with Gasteiger partial charge in [0, 0.05) is 0 Å². The Balaban J connectivity index is 2.14. The molecular weight excluding hydrogens is 757 g/mol. The lowest BCUT2D eigenvalue weighted by Crippen LogP contribution is -2.10. The summed E-state index contributed by atoms with van der Waals surface area (Å²) in [6, 6.07) is 18.1. The molecule has 0 atom stereocenters. The van der Waals surface area contributed by atoms with E-state index in [0.717, 1.165) is 108 Å². The zero-order chi connectivity index (χ0) is 43.6. The van der Waals surface area contributed by atoms with Crippen molar-refractivity contribution in [2.75, 3.05) is 41.2 Å². The Hall–Kier alpha value is -5.31. The summed E-state index contributed by atoms with van der Waals surface area (Å²) in [5.74, 6) is 0.213. The van der Waals surface area contributed by atoms with Crippen LogP contribution >= 0.6 is 0 Å². The number of carbonyl (C=O) groups is 3. The van der Waals surface area contributed by atoms with Crippen LogP contribution in [0.1, 0.15) is 147 Å². The number of hydrogen-bond donors (Lipinski definition) is 0. The molecule has 0 unspecified atom stereocenters. The fraction of sp³-hybridized carbons (Fsp3) is 0.471. The fourth-order valence-corrected chi connectivity index (χ4v) is 7.31. The molecule has 0 fully saturated rings. The van der Waals surface area contributed by atoms with Crippen LogP contribution in [0.4, 0.5) is 0 Å². The fourth-order valence-electron chi connectivity index (χ4n) is 7.31. The maximum Gasteiger partial charge on any atom is 0.341 e. The minimum absolute atomic E-state index is 0.361. The highest BCUT2D eigenvalue weighted by molar-refractivity contribution is 5.98. The van der Waals surface area contributed by atoms with Gasteiger partial charge >= 0.3 is 17.9 Å². The highest BCUT2D eigenvalue weighted by atomic mass is 16.5. The maximum absolute atomic E-state index is 13.5. The van der Waals surface area contributed by atoms with Crippen LogP contribution in [0.3, 0.4) is 0 Å². The average molecular weight is 823 g/mol. The minimum Gasteiger partial charge on any atom is -0.492 e. The van der Waals surface area contributed by atoms with E-state index in [1.807, 2.05) is 18.2 Å². The molecule has 0 N–H and O–H groups in total. The molecule has 0 amide bonds. The Labute approximate surface area is 358 Å². The number of hydrogen-bond acceptors (Lipinski definition) is 9. The van der Waals surface area contributed by atoms with Crippen molar-refractivity contribution in [1.82, 2.24) is 0 Å². The van der Waals surface area contributed by atoms with Crippen LogP contribution in [0.2, 0.25) is 0 Å². The highest BCUT2D eigenvalue weighted by Gasteiger charge is 2.24. The van der Waals surface area contributed by atoms with Gasteiger partial charge in [0.05, 0.1) is 41.2 Å². The third-order valence-electron chi connectivity index (χ3n) is 10.4. The van der Waals surface area contributed by atoms with E-state index < -0.39 is 17.9 Å². The molecule has 0 radical (unpaired) electrons. The summed E-state index contributed by atoms with van der Waals surface area (Å²) in [6.07, 6.45) is 10.0. The quantitative estimate of drug-likeness (QED) is 0.0388. The van der Waals surface area contributed by atoms with E-state index in [0.29, 0.717) is 73.0 Å². The lowest BCUT2D eigenvalue weighted by atomic mass is 9.88. The van der Waals surface area contributed by atoms with Crippen LogP contribution in [0.25, 0.3) is 33.4 Å². The molecule has 0 spiro atoms. The van der Waals surface area contributed by atoms with Gasteiger partial charge in [0.15, 0.2) is 0 Å². The van der Waals surface area contributed by atoms with E-state index in [-0.39, 0.29) is 0 Å². The summed E-state index contributed by atoms with van der Waals surface area (Å²) in [5.41, 5.74) is 8.69. The summed E-state index contributed by atoms with van der Waals surface area (Å²) in [7, 11) is 4.15. The Morgan fingerprint density at radius 1 is 0.367 bits per heavy atom. The van der Waals surface area contributed by atoms with Crippen molar-refractivity contribution < 1.29 is 42.8 Å². The first-order chi connectivity index (χ1) is 29.1. The van der Waals surface area contributed by atoms with Gasteiger partial charge < -0.3 is 28.4 Å². The van der Waals surface area contributed by atoms with Gasteiger partial charge in [0.1, 0.15) is 33.9 Å². The van der Waals surface area contributed by atoms with Crippen LogP contribution in [-0.4, -0.2) is 59.1 Å². The van der Waals surface area contributed by atoms with Gasteiger partial charge in [-0.05, 0) is 143 Å². The Kier molecular flexibility index (Phi) is 19.0. The van der Waals surface area contributed by atoms with Crippen molar-refractivity contribution in [2.45, 2.75) is 119 Å². The molecule has 0 aromatic heterocycles. The summed E-state index contributed by atoms with van der Waals surface area (Å²) in [4.78, 5) is 40.4. The molecule has 0 aliphatic heterocycles. The molecular formula is C51H66O9. The van der Waals surface area contributed by atoms with Crippen molar-refractivity contribution in [3.05, 3.63) is 88.0 Å². The van der Waals surface area contributed by atoms with Crippen LogP contribution in [-0.2, 0) is 33.5 Å². The molecule has 4 aromatic carbocycles. The van der Waals surface area contributed by atoms with Crippen molar-refractivity contribution in [2.24, 2.45) is 0 Å². The topological polar surface area (TPSA) is 107 Å². The van der Waals surface area contributed by atoms with E-state index in [1.165, 1.54) is 21.3 Å². The monoisotopic (exact) mass is 822 g/mol. The van der Waals surface area contributed by atoms with Crippen molar-refractivity contribution in [1.29, 1.82) is 0 Å². The predicted octanol–water partition coefficient (Wildman–Crippen LogP) is 12.4. The number of carbonyl (C=O) groups excluding carboxylic acids is 3. The van der Waals surface area contributed by atoms with Crippen LogP contribution in [0.15, 0.2) is 54.6 Å². The molecule has 9 heteroatoms. The second-order valence-corrected chi connectivity index (χ2v) is 15.2. The third kappa shape index (κ3) is 11.9. The molecule has 0 saturated heterocycles. The zero-order valence-corrected chi connectivity index (χ0v) is 37.5. The molecule has 0 aliphatic rings. The second-order valence-electron chi connectivity index (χ2n) is 15.2. The average Bonchev–Trinajstić information content (AvgIpc) is 3.26. The Morgan fingerprint density at radius 2 is 0.617 bits per heavy atom. The van der Waals surface area contributed by atoms with Crippen LogP contribution in [0.5, 0.6) is 17.2 Å². The van der Waals surface area contributed by atoms with Gasteiger partial charge in [-0.2, -0.15) is 0 Å². The van der Waals surface area contributed by atoms with Crippen molar-refractivity contribution in [3.8, 4) is 50.6 Å². The minimum atomic E-state index is -0.478. The number of methoxy groups -OCH3 is 3. The van der Waals surface area contributed by atoms with Gasteiger partial charge in [0.2, 0.25) is 0 Å². The number of esters is 3. The standard InChI is InChI=1S/C51H66O9/c1-10-16-22-58-46-34(19-13-4)25-40(31-43(46)49(52)55-7)37-28-38(41-26-35(20-14-5)47(59-23-17-11-2)44(32-41)50(53)56-8)30-39(29-37)42-27-36(21-15-6)48(60-24-18-12-3)45(33-42)51(54)57-9/h25-33H,10-24H2,1-9H3. The number of rotatable bonds is 24. The number of aryl methyl sites for hydroxylation is 3. The molecule has 0 saturated carbocycles. The van der Waals surface area contributed by atoms with Crippen LogP contribution < -0.4 is 14.2 Å². The number of ether oxygens (including phenoxy) is 6. The SMILES string of the molecule is CCCCOc1c(CCC)cc(-c2cc(-c3cc(CCC)c(OCCCC)c(C(=O)OC)c3)cc(-c3cc(CCC)c(OCCCC)c(C(=O)OC)c3)c2)cc1C(=O)OC. The molecule has 9 nitrogen and oxygen atoms in total. The first-order valence-corrected chi connectivity index (χ1v) is 21.9. The number of benzene rings is 4. The van der Waals surface area contributed by atoms with Gasteiger partial charge in [-0.3, -0.25) is 0 Å². The smallest absolute Gasteiger partial charge is 0.341 e. The van der Waals surface area contributed by atoms with Crippen molar-refractivity contribution in [3.63, 3.8) is 0 Å². The Morgan fingerprint density at radius 3 is 0.833 bits per heavy atom. The first kappa shape index (κ1) is 47.4. The summed E-state index contributed by atoms with van der Waals surface area (Å²) in [5, 5.41) is 0.